The molecule has 1 aliphatic rings. The van der Waals surface area contributed by atoms with Gasteiger partial charge in [-0.25, -0.2) is 0 Å². The smallest absolute Gasteiger partial charge is 0.248 e. The molecule has 1 saturated heterocycles. The first-order valence-electron chi connectivity index (χ1n) is 5.09. The summed E-state index contributed by atoms with van der Waals surface area (Å²) in [6.45, 7) is 0.711. The van der Waals surface area contributed by atoms with Crippen molar-refractivity contribution in [1.82, 2.24) is 10.6 Å². The Morgan fingerprint density at radius 2 is 2.27 bits per heavy atom. The number of amides is 2. The third-order valence-corrected chi connectivity index (χ3v) is 2.42. The Labute approximate surface area is 88.2 Å². The summed E-state index contributed by atoms with van der Waals surface area (Å²) in [5, 5.41) is 14.6. The molecule has 1 unspecified atom stereocenters. The molecule has 1 rings (SSSR count). The van der Waals surface area contributed by atoms with Crippen LogP contribution in [0.2, 0.25) is 0 Å². The second-order valence-electron chi connectivity index (χ2n) is 3.67. The van der Waals surface area contributed by atoms with Crippen molar-refractivity contribution in [1.29, 1.82) is 0 Å². The third-order valence-electron chi connectivity index (χ3n) is 2.42. The summed E-state index contributed by atoms with van der Waals surface area (Å²) in [4.78, 5) is 22.0. The zero-order valence-electron chi connectivity index (χ0n) is 8.53. The monoisotopic (exact) mass is 215 g/mol. The molecule has 2 amide bonds. The highest BCUT2D eigenvalue weighted by Gasteiger charge is 2.21. The lowest BCUT2D eigenvalue weighted by molar-refractivity contribution is -0.127. The van der Waals surface area contributed by atoms with Crippen molar-refractivity contribution in [3.05, 3.63) is 0 Å². The van der Waals surface area contributed by atoms with E-state index in [0.29, 0.717) is 0 Å². The second kappa shape index (κ2) is 5.67. The quantitative estimate of drug-likeness (QED) is 0.439. The molecule has 0 radical (unpaired) electrons. The zero-order chi connectivity index (χ0) is 11.3. The van der Waals surface area contributed by atoms with Gasteiger partial charge in [-0.2, -0.15) is 0 Å². The lowest BCUT2D eigenvalue weighted by Gasteiger charge is -2.22. The van der Waals surface area contributed by atoms with Gasteiger partial charge in [0.2, 0.25) is 11.8 Å². The molecule has 6 nitrogen and oxygen atoms in total. The number of carbonyl (C=O) groups is 2. The minimum atomic E-state index is -1.31. The number of hydrogen-bond donors (Lipinski definition) is 4. The molecule has 1 fully saturated rings. The number of nitrogens with one attached hydrogen (secondary N) is 2. The zero-order valence-corrected chi connectivity index (χ0v) is 8.53. The van der Waals surface area contributed by atoms with Gasteiger partial charge in [0.1, 0.15) is 6.10 Å². The van der Waals surface area contributed by atoms with E-state index in [1.54, 1.807) is 0 Å². The van der Waals surface area contributed by atoms with Crippen LogP contribution < -0.4 is 16.4 Å². The summed E-state index contributed by atoms with van der Waals surface area (Å²) >= 11 is 0. The van der Waals surface area contributed by atoms with Gasteiger partial charge in [-0.15, -0.1) is 0 Å². The Morgan fingerprint density at radius 1 is 1.53 bits per heavy atom. The van der Waals surface area contributed by atoms with Gasteiger partial charge in [0.05, 0.1) is 12.6 Å². The largest absolute Gasteiger partial charge is 0.381 e. The highest BCUT2D eigenvalue weighted by atomic mass is 16.3. The molecule has 5 N–H and O–H groups in total. The van der Waals surface area contributed by atoms with E-state index < -0.39 is 12.0 Å². The molecule has 0 spiro atoms. The van der Waals surface area contributed by atoms with Crippen LogP contribution in [0.4, 0.5) is 0 Å². The molecule has 0 aromatic rings. The molecule has 0 bridgehead atoms. The number of hydrogen-bond acceptors (Lipinski definition) is 4. The van der Waals surface area contributed by atoms with Crippen molar-refractivity contribution in [2.75, 3.05) is 13.1 Å². The molecule has 0 aliphatic carbocycles. The van der Waals surface area contributed by atoms with Crippen LogP contribution in [-0.2, 0) is 9.59 Å². The highest BCUT2D eigenvalue weighted by Crippen LogP contribution is 2.06. The van der Waals surface area contributed by atoms with Gasteiger partial charge in [-0.3, -0.25) is 9.59 Å². The van der Waals surface area contributed by atoms with Gasteiger partial charge in [-0.05, 0) is 19.4 Å². The van der Waals surface area contributed by atoms with E-state index >= 15 is 0 Å². The van der Waals surface area contributed by atoms with Gasteiger partial charge in [0, 0.05) is 0 Å². The van der Waals surface area contributed by atoms with Crippen molar-refractivity contribution >= 4 is 11.8 Å². The normalized spacial score (nSPS) is 23.1. The Morgan fingerprint density at radius 3 is 2.80 bits per heavy atom. The van der Waals surface area contributed by atoms with Crippen molar-refractivity contribution in [3.63, 3.8) is 0 Å². The van der Waals surface area contributed by atoms with Crippen molar-refractivity contribution in [2.24, 2.45) is 5.73 Å². The number of rotatable bonds is 4. The number of primary amides is 1. The van der Waals surface area contributed by atoms with Crippen LogP contribution in [-0.4, -0.2) is 42.2 Å². The molecular formula is C9H17N3O3. The summed E-state index contributed by atoms with van der Waals surface area (Å²) in [6.07, 6.45) is 1.58. The van der Waals surface area contributed by atoms with E-state index in [0.717, 1.165) is 25.8 Å². The topological polar surface area (TPSA) is 104 Å². The van der Waals surface area contributed by atoms with Gasteiger partial charge in [0.15, 0.2) is 0 Å². The van der Waals surface area contributed by atoms with Crippen LogP contribution in [0.3, 0.4) is 0 Å². The second-order valence-corrected chi connectivity index (χ2v) is 3.67. The molecule has 86 valence electrons. The van der Waals surface area contributed by atoms with Crippen LogP contribution in [0.25, 0.3) is 0 Å². The van der Waals surface area contributed by atoms with E-state index in [9.17, 15) is 9.59 Å². The van der Waals surface area contributed by atoms with Gasteiger partial charge in [0.25, 0.3) is 0 Å². The minimum Gasteiger partial charge on any atom is -0.381 e. The molecule has 0 saturated carbocycles. The summed E-state index contributed by atoms with van der Waals surface area (Å²) in [5.41, 5.74) is 4.84. The van der Waals surface area contributed by atoms with E-state index in [-0.39, 0.29) is 18.5 Å². The average Bonchev–Trinajstić information content (AvgIpc) is 2.26. The molecule has 1 aliphatic heterocycles. The number of aliphatic hydroxyl groups is 1. The number of carbonyl (C=O) groups excluding carboxylic acids is 2. The molecule has 2 atom stereocenters. The maximum absolute atomic E-state index is 11.5. The van der Waals surface area contributed by atoms with Crippen LogP contribution in [0.15, 0.2) is 0 Å². The average molecular weight is 215 g/mol. The molecular weight excluding hydrogens is 198 g/mol. The first-order valence-corrected chi connectivity index (χ1v) is 5.09. The summed E-state index contributed by atoms with van der Waals surface area (Å²) in [6, 6.07) is -0.209. The molecule has 0 aromatic carbocycles. The molecule has 6 heteroatoms. The summed E-state index contributed by atoms with van der Waals surface area (Å²) in [7, 11) is 0. The fraction of sp³-hybridized carbons (Fsp3) is 0.778. The predicted octanol–water partition coefficient (Wildman–Crippen LogP) is -1.91. The van der Waals surface area contributed by atoms with Crippen LogP contribution in [0, 0.1) is 0 Å². The number of aliphatic hydroxyl groups excluding tert-OH is 1. The predicted molar refractivity (Wildman–Crippen MR) is 53.9 cm³/mol. The standard InChI is InChI=1S/C9H17N3O3/c10-8(14)7(13)5-12-9(15)6-3-1-2-4-11-6/h6-7,11,13H,1-5H2,(H2,10,14)(H,12,15)/t6-,7?/m1/s1. The SMILES string of the molecule is NC(=O)C(O)CNC(=O)[C@H]1CCCCN1. The van der Waals surface area contributed by atoms with Gasteiger partial charge >= 0.3 is 0 Å². The molecule has 0 aromatic heterocycles. The summed E-state index contributed by atoms with van der Waals surface area (Å²) < 4.78 is 0. The van der Waals surface area contributed by atoms with Gasteiger partial charge < -0.3 is 21.5 Å². The number of nitrogens with two attached hydrogens (primary N) is 1. The van der Waals surface area contributed by atoms with Crippen molar-refractivity contribution < 1.29 is 14.7 Å². The van der Waals surface area contributed by atoms with Crippen LogP contribution >= 0.6 is 0 Å². The fourth-order valence-electron chi connectivity index (χ4n) is 1.50. The lowest BCUT2D eigenvalue weighted by Crippen LogP contribution is -2.49. The van der Waals surface area contributed by atoms with Crippen molar-refractivity contribution in [3.8, 4) is 0 Å². The van der Waals surface area contributed by atoms with Gasteiger partial charge in [-0.1, -0.05) is 6.42 Å². The Hall–Kier alpha value is -1.14. The number of piperidine rings is 1. The minimum absolute atomic E-state index is 0.119. The Bertz CT molecular complexity index is 239. The van der Waals surface area contributed by atoms with E-state index in [2.05, 4.69) is 10.6 Å². The lowest BCUT2D eigenvalue weighted by atomic mass is 10.0. The van der Waals surface area contributed by atoms with E-state index in [4.69, 9.17) is 10.8 Å². The Kier molecular flexibility index (Phi) is 4.51. The maximum Gasteiger partial charge on any atom is 0.248 e. The first kappa shape index (κ1) is 11.9. The van der Waals surface area contributed by atoms with Crippen LogP contribution in [0.5, 0.6) is 0 Å². The summed E-state index contributed by atoms with van der Waals surface area (Å²) in [5.74, 6) is -1.01. The van der Waals surface area contributed by atoms with Crippen molar-refractivity contribution in [2.45, 2.75) is 31.4 Å². The highest BCUT2D eigenvalue weighted by molar-refractivity contribution is 5.83. The Balaban J connectivity index is 2.25. The fourth-order valence-corrected chi connectivity index (χ4v) is 1.50. The van der Waals surface area contributed by atoms with E-state index in [1.807, 2.05) is 0 Å². The van der Waals surface area contributed by atoms with Crippen LogP contribution in [0.1, 0.15) is 19.3 Å². The first-order chi connectivity index (χ1) is 7.11. The maximum atomic E-state index is 11.5. The molecule has 1 heterocycles. The third kappa shape index (κ3) is 3.85. The molecule has 15 heavy (non-hydrogen) atoms. The van der Waals surface area contributed by atoms with E-state index in [1.165, 1.54) is 0 Å².